The van der Waals surface area contributed by atoms with E-state index in [1.807, 2.05) is 0 Å². The molecule has 5 N–H and O–H groups in total. The van der Waals surface area contributed by atoms with Crippen molar-refractivity contribution in [3.8, 4) is 0 Å². The zero-order chi connectivity index (χ0) is 12.1. The Bertz CT molecular complexity index is 164. The van der Waals surface area contributed by atoms with Crippen molar-refractivity contribution in [1.29, 1.82) is 0 Å². The normalized spacial score (nSPS) is 10.4. The van der Waals surface area contributed by atoms with Crippen molar-refractivity contribution in [2.24, 2.45) is 5.73 Å². The summed E-state index contributed by atoms with van der Waals surface area (Å²) < 4.78 is 0. The maximum Gasteiger partial charge on any atom is 0.216 e. The number of carbonyl (C=O) groups is 1. The molecule has 0 fully saturated rings. The summed E-state index contributed by atoms with van der Waals surface area (Å²) in [6, 6.07) is 0. The van der Waals surface area contributed by atoms with Gasteiger partial charge in [0, 0.05) is 13.5 Å². The Kier molecular flexibility index (Phi) is 11.9. The van der Waals surface area contributed by atoms with Crippen molar-refractivity contribution in [3.05, 3.63) is 0 Å². The first kappa shape index (κ1) is 15.3. The predicted octanol–water partition coefficient (Wildman–Crippen LogP) is -0.569. The highest BCUT2D eigenvalue weighted by Crippen LogP contribution is 1.78. The molecular formula is C11H26N4O. The van der Waals surface area contributed by atoms with Gasteiger partial charge in [0.1, 0.15) is 0 Å². The predicted molar refractivity (Wildman–Crippen MR) is 67.3 cm³/mol. The van der Waals surface area contributed by atoms with Crippen molar-refractivity contribution in [2.45, 2.75) is 26.2 Å². The molecule has 0 spiro atoms. The Labute approximate surface area is 98.5 Å². The number of rotatable bonds is 11. The summed E-state index contributed by atoms with van der Waals surface area (Å²) in [6.07, 6.45) is 3.16. The van der Waals surface area contributed by atoms with E-state index in [2.05, 4.69) is 16.0 Å². The molecule has 0 saturated carbocycles. The van der Waals surface area contributed by atoms with Gasteiger partial charge in [-0.1, -0.05) is 0 Å². The van der Waals surface area contributed by atoms with Gasteiger partial charge in [0.2, 0.25) is 5.91 Å². The van der Waals surface area contributed by atoms with Crippen LogP contribution in [0.3, 0.4) is 0 Å². The molecule has 0 heterocycles. The van der Waals surface area contributed by atoms with Crippen molar-refractivity contribution in [2.75, 3.05) is 39.3 Å². The molecule has 1 amide bonds. The van der Waals surface area contributed by atoms with Gasteiger partial charge in [0.25, 0.3) is 0 Å². The molecule has 0 aliphatic rings. The minimum Gasteiger partial charge on any atom is -0.356 e. The van der Waals surface area contributed by atoms with Gasteiger partial charge >= 0.3 is 0 Å². The third-order valence-electron chi connectivity index (χ3n) is 2.17. The van der Waals surface area contributed by atoms with E-state index in [0.717, 1.165) is 58.5 Å². The largest absolute Gasteiger partial charge is 0.356 e. The molecule has 0 unspecified atom stereocenters. The van der Waals surface area contributed by atoms with E-state index in [4.69, 9.17) is 5.73 Å². The van der Waals surface area contributed by atoms with Gasteiger partial charge in [0.05, 0.1) is 0 Å². The van der Waals surface area contributed by atoms with Gasteiger partial charge in [-0.3, -0.25) is 4.79 Å². The van der Waals surface area contributed by atoms with Crippen LogP contribution in [0.5, 0.6) is 0 Å². The molecule has 0 rings (SSSR count). The highest BCUT2D eigenvalue weighted by atomic mass is 16.1. The molecule has 0 aromatic rings. The van der Waals surface area contributed by atoms with Crippen LogP contribution in [0.2, 0.25) is 0 Å². The second-order valence-corrected chi connectivity index (χ2v) is 3.83. The third kappa shape index (κ3) is 13.4. The summed E-state index contributed by atoms with van der Waals surface area (Å²) in [5.74, 6) is 0.0455. The average Bonchev–Trinajstić information content (AvgIpc) is 2.25. The first-order chi connectivity index (χ1) is 7.77. The van der Waals surface area contributed by atoms with Gasteiger partial charge in [-0.2, -0.15) is 0 Å². The van der Waals surface area contributed by atoms with E-state index in [1.165, 1.54) is 0 Å². The van der Waals surface area contributed by atoms with Crippen LogP contribution in [0.15, 0.2) is 0 Å². The second kappa shape index (κ2) is 12.4. The lowest BCUT2D eigenvalue weighted by molar-refractivity contribution is -0.118. The molecule has 5 heteroatoms. The van der Waals surface area contributed by atoms with E-state index in [0.29, 0.717) is 0 Å². The van der Waals surface area contributed by atoms with E-state index >= 15 is 0 Å². The van der Waals surface area contributed by atoms with E-state index in [1.54, 1.807) is 6.92 Å². The van der Waals surface area contributed by atoms with Crippen LogP contribution in [0.1, 0.15) is 26.2 Å². The van der Waals surface area contributed by atoms with E-state index in [-0.39, 0.29) is 5.91 Å². The standard InChI is InChI=1S/C11H26N4O/c1-11(16)15-10-4-9-14-8-3-7-13-6-2-5-12/h13-14H,2-10,12H2,1H3,(H,15,16). The first-order valence-electron chi connectivity index (χ1n) is 6.13. The maximum absolute atomic E-state index is 10.6. The molecule has 0 radical (unpaired) electrons. The minimum atomic E-state index is 0.0455. The van der Waals surface area contributed by atoms with E-state index < -0.39 is 0 Å². The topological polar surface area (TPSA) is 79.2 Å². The average molecular weight is 230 g/mol. The molecular weight excluding hydrogens is 204 g/mol. The lowest BCUT2D eigenvalue weighted by Gasteiger charge is -2.06. The monoisotopic (exact) mass is 230 g/mol. The molecule has 5 nitrogen and oxygen atoms in total. The number of carbonyl (C=O) groups excluding carboxylic acids is 1. The molecule has 0 bridgehead atoms. The lowest BCUT2D eigenvalue weighted by Crippen LogP contribution is -2.27. The summed E-state index contributed by atoms with van der Waals surface area (Å²) in [5, 5.41) is 9.43. The Morgan fingerprint density at radius 1 is 0.938 bits per heavy atom. The summed E-state index contributed by atoms with van der Waals surface area (Å²) in [6.45, 7) is 7.10. The van der Waals surface area contributed by atoms with E-state index in [9.17, 15) is 4.79 Å². The minimum absolute atomic E-state index is 0.0455. The van der Waals surface area contributed by atoms with Crippen molar-refractivity contribution >= 4 is 5.91 Å². The van der Waals surface area contributed by atoms with Crippen LogP contribution in [-0.4, -0.2) is 45.2 Å². The Hall–Kier alpha value is -0.650. The Morgan fingerprint density at radius 2 is 1.44 bits per heavy atom. The van der Waals surface area contributed by atoms with Crippen LogP contribution < -0.4 is 21.7 Å². The Balaban J connectivity index is 2.90. The molecule has 96 valence electrons. The fraction of sp³-hybridized carbons (Fsp3) is 0.909. The number of hydrogen-bond donors (Lipinski definition) is 4. The van der Waals surface area contributed by atoms with Crippen LogP contribution >= 0.6 is 0 Å². The highest BCUT2D eigenvalue weighted by molar-refractivity contribution is 5.72. The zero-order valence-electron chi connectivity index (χ0n) is 10.3. The molecule has 0 atom stereocenters. The van der Waals surface area contributed by atoms with Crippen molar-refractivity contribution in [1.82, 2.24) is 16.0 Å². The molecule has 0 saturated heterocycles. The quantitative estimate of drug-likeness (QED) is 0.358. The number of nitrogens with one attached hydrogen (secondary N) is 3. The maximum atomic E-state index is 10.6. The molecule has 0 aromatic heterocycles. The molecule has 0 aromatic carbocycles. The van der Waals surface area contributed by atoms with Crippen molar-refractivity contribution in [3.63, 3.8) is 0 Å². The number of hydrogen-bond acceptors (Lipinski definition) is 4. The second-order valence-electron chi connectivity index (χ2n) is 3.83. The fourth-order valence-corrected chi connectivity index (χ4v) is 1.29. The van der Waals surface area contributed by atoms with Gasteiger partial charge in [-0.15, -0.1) is 0 Å². The van der Waals surface area contributed by atoms with Gasteiger partial charge < -0.3 is 21.7 Å². The summed E-state index contributed by atoms with van der Waals surface area (Å²) in [4.78, 5) is 10.6. The number of nitrogens with two attached hydrogens (primary N) is 1. The van der Waals surface area contributed by atoms with Gasteiger partial charge in [-0.05, 0) is 52.0 Å². The number of amides is 1. The van der Waals surface area contributed by atoms with Gasteiger partial charge in [0.15, 0.2) is 0 Å². The van der Waals surface area contributed by atoms with Crippen LogP contribution in [0.4, 0.5) is 0 Å². The summed E-state index contributed by atoms with van der Waals surface area (Å²) >= 11 is 0. The third-order valence-corrected chi connectivity index (χ3v) is 2.17. The van der Waals surface area contributed by atoms with Crippen LogP contribution in [0, 0.1) is 0 Å². The fourth-order valence-electron chi connectivity index (χ4n) is 1.29. The smallest absolute Gasteiger partial charge is 0.216 e. The summed E-state index contributed by atoms with van der Waals surface area (Å²) in [5.41, 5.74) is 5.38. The molecule has 0 aliphatic carbocycles. The molecule has 16 heavy (non-hydrogen) atoms. The van der Waals surface area contributed by atoms with Crippen LogP contribution in [0.25, 0.3) is 0 Å². The molecule has 0 aliphatic heterocycles. The van der Waals surface area contributed by atoms with Gasteiger partial charge in [-0.25, -0.2) is 0 Å². The summed E-state index contributed by atoms with van der Waals surface area (Å²) in [7, 11) is 0. The zero-order valence-corrected chi connectivity index (χ0v) is 10.3. The van der Waals surface area contributed by atoms with Crippen molar-refractivity contribution < 1.29 is 4.79 Å². The SMILES string of the molecule is CC(=O)NCCCNCCCNCCCN. The lowest BCUT2D eigenvalue weighted by atomic mass is 10.3. The highest BCUT2D eigenvalue weighted by Gasteiger charge is 1.91. The van der Waals surface area contributed by atoms with Crippen LogP contribution in [-0.2, 0) is 4.79 Å². The Morgan fingerprint density at radius 3 is 1.94 bits per heavy atom. The first-order valence-corrected chi connectivity index (χ1v) is 6.13.